The van der Waals surface area contributed by atoms with Crippen LogP contribution in [0.4, 0.5) is 11.4 Å². The van der Waals surface area contributed by atoms with Gasteiger partial charge in [-0.2, -0.15) is 0 Å². The number of nitrogens with zero attached hydrogens (tertiary/aromatic N) is 1. The highest BCUT2D eigenvalue weighted by atomic mass is 79.9. The minimum atomic E-state index is -0.266. The highest BCUT2D eigenvalue weighted by Crippen LogP contribution is 2.37. The highest BCUT2D eigenvalue weighted by molar-refractivity contribution is 9.10. The second-order valence-electron chi connectivity index (χ2n) is 8.12. The zero-order chi connectivity index (χ0) is 19.9. The lowest BCUT2D eigenvalue weighted by Crippen LogP contribution is -2.43. The van der Waals surface area contributed by atoms with Crippen molar-refractivity contribution >= 4 is 33.2 Å². The van der Waals surface area contributed by atoms with Crippen molar-refractivity contribution in [2.75, 3.05) is 10.2 Å². The van der Waals surface area contributed by atoms with E-state index in [9.17, 15) is 4.79 Å². The van der Waals surface area contributed by atoms with Crippen LogP contribution in [0.1, 0.15) is 48.4 Å². The smallest absolute Gasteiger partial charge is 0.262 e. The number of hydrogen-bond donors (Lipinski definition) is 1. The first-order valence-corrected chi connectivity index (χ1v) is 10.2. The Kier molecular flexibility index (Phi) is 4.76. The van der Waals surface area contributed by atoms with Crippen molar-refractivity contribution in [2.24, 2.45) is 0 Å². The minimum absolute atomic E-state index is 0.00145. The van der Waals surface area contributed by atoms with Crippen molar-refractivity contribution in [3.05, 3.63) is 94.0 Å². The van der Waals surface area contributed by atoms with Gasteiger partial charge in [-0.05, 0) is 52.9 Å². The maximum Gasteiger partial charge on any atom is 0.262 e. The molecular formula is C24H23BrN2O. The highest BCUT2D eigenvalue weighted by Gasteiger charge is 2.34. The topological polar surface area (TPSA) is 32.3 Å². The van der Waals surface area contributed by atoms with Gasteiger partial charge in [0.25, 0.3) is 5.91 Å². The molecule has 1 heterocycles. The molecule has 3 nitrogen and oxygen atoms in total. The molecule has 0 radical (unpaired) electrons. The molecule has 0 bridgehead atoms. The number of amides is 1. The Morgan fingerprint density at radius 3 is 2.18 bits per heavy atom. The van der Waals surface area contributed by atoms with E-state index in [1.54, 1.807) is 0 Å². The summed E-state index contributed by atoms with van der Waals surface area (Å²) in [6.07, 6.45) is -0.266. The SMILES string of the molecule is CC(C)(C)c1ccc([C@@H]2Nc3ccccc3C(=O)N2c2ccc(Br)cc2)cc1. The molecule has 3 aromatic carbocycles. The number of carbonyl (C=O) groups is 1. The quantitative estimate of drug-likeness (QED) is 0.497. The summed E-state index contributed by atoms with van der Waals surface area (Å²) in [5.41, 5.74) is 4.83. The van der Waals surface area contributed by atoms with Crippen LogP contribution in [-0.4, -0.2) is 5.91 Å². The van der Waals surface area contributed by atoms with Crippen LogP contribution in [0.5, 0.6) is 0 Å². The van der Waals surface area contributed by atoms with Gasteiger partial charge < -0.3 is 5.32 Å². The number of carbonyl (C=O) groups excluding carboxylic acids is 1. The van der Waals surface area contributed by atoms with Crippen LogP contribution in [0.3, 0.4) is 0 Å². The molecule has 142 valence electrons. The van der Waals surface area contributed by atoms with Crippen LogP contribution in [0.15, 0.2) is 77.3 Å². The van der Waals surface area contributed by atoms with E-state index in [1.165, 1.54) is 5.56 Å². The molecule has 0 saturated heterocycles. The van der Waals surface area contributed by atoms with E-state index in [4.69, 9.17) is 0 Å². The zero-order valence-electron chi connectivity index (χ0n) is 16.2. The summed E-state index contributed by atoms with van der Waals surface area (Å²) in [6.45, 7) is 6.61. The van der Waals surface area contributed by atoms with Gasteiger partial charge in [-0.25, -0.2) is 0 Å². The van der Waals surface area contributed by atoms with Gasteiger partial charge >= 0.3 is 0 Å². The molecule has 1 aliphatic heterocycles. The lowest BCUT2D eigenvalue weighted by molar-refractivity contribution is 0.0975. The van der Waals surface area contributed by atoms with Crippen molar-refractivity contribution in [2.45, 2.75) is 32.4 Å². The monoisotopic (exact) mass is 434 g/mol. The maximum absolute atomic E-state index is 13.4. The molecule has 0 spiro atoms. The van der Waals surface area contributed by atoms with Crippen LogP contribution >= 0.6 is 15.9 Å². The molecule has 0 aromatic heterocycles. The van der Waals surface area contributed by atoms with Crippen LogP contribution in [0.2, 0.25) is 0 Å². The Balaban J connectivity index is 1.80. The van der Waals surface area contributed by atoms with E-state index in [1.807, 2.05) is 53.4 Å². The number of halogens is 1. The lowest BCUT2D eigenvalue weighted by atomic mass is 9.86. The molecular weight excluding hydrogens is 412 g/mol. The molecule has 1 aliphatic rings. The fourth-order valence-corrected chi connectivity index (χ4v) is 3.78. The largest absolute Gasteiger partial charge is 0.360 e. The number of hydrogen-bond acceptors (Lipinski definition) is 2. The number of anilines is 2. The summed E-state index contributed by atoms with van der Waals surface area (Å²) in [5, 5.41) is 3.56. The van der Waals surface area contributed by atoms with Gasteiger partial charge in [0.2, 0.25) is 0 Å². The second-order valence-corrected chi connectivity index (χ2v) is 9.03. The van der Waals surface area contributed by atoms with Crippen LogP contribution in [-0.2, 0) is 5.41 Å². The first-order chi connectivity index (χ1) is 13.3. The summed E-state index contributed by atoms with van der Waals surface area (Å²) >= 11 is 3.48. The van der Waals surface area contributed by atoms with Gasteiger partial charge in [0.05, 0.1) is 5.56 Å². The van der Waals surface area contributed by atoms with Gasteiger partial charge in [-0.15, -0.1) is 0 Å². The van der Waals surface area contributed by atoms with E-state index in [-0.39, 0.29) is 17.5 Å². The molecule has 0 saturated carbocycles. The predicted octanol–water partition coefficient (Wildman–Crippen LogP) is 6.52. The maximum atomic E-state index is 13.4. The Morgan fingerprint density at radius 2 is 1.54 bits per heavy atom. The fraction of sp³-hybridized carbons (Fsp3) is 0.208. The summed E-state index contributed by atoms with van der Waals surface area (Å²) < 4.78 is 0.986. The molecule has 0 aliphatic carbocycles. The van der Waals surface area contributed by atoms with Crippen molar-refractivity contribution in [3.63, 3.8) is 0 Å². The van der Waals surface area contributed by atoms with Crippen molar-refractivity contribution in [1.82, 2.24) is 0 Å². The molecule has 4 heteroatoms. The molecule has 1 atom stereocenters. The first-order valence-electron chi connectivity index (χ1n) is 9.40. The number of para-hydroxylation sites is 1. The normalized spacial score (nSPS) is 16.5. The van der Waals surface area contributed by atoms with Crippen molar-refractivity contribution < 1.29 is 4.79 Å². The Labute approximate surface area is 174 Å². The summed E-state index contributed by atoms with van der Waals surface area (Å²) in [7, 11) is 0. The summed E-state index contributed by atoms with van der Waals surface area (Å²) in [4.78, 5) is 15.2. The van der Waals surface area contributed by atoms with Crippen LogP contribution < -0.4 is 10.2 Å². The lowest BCUT2D eigenvalue weighted by Gasteiger charge is -2.38. The second kappa shape index (κ2) is 7.10. The summed E-state index contributed by atoms with van der Waals surface area (Å²) in [5.74, 6) is 0.00145. The third-order valence-electron chi connectivity index (χ3n) is 5.12. The molecule has 3 aromatic rings. The average molecular weight is 435 g/mol. The molecule has 1 N–H and O–H groups in total. The van der Waals surface area contributed by atoms with Crippen molar-refractivity contribution in [1.29, 1.82) is 0 Å². The molecule has 0 unspecified atom stereocenters. The number of nitrogens with one attached hydrogen (secondary N) is 1. The Morgan fingerprint density at radius 1 is 0.893 bits per heavy atom. The number of fused-ring (bicyclic) bond motifs is 1. The third kappa shape index (κ3) is 3.45. The van der Waals surface area contributed by atoms with E-state index < -0.39 is 0 Å². The van der Waals surface area contributed by atoms with Gasteiger partial charge in [0.15, 0.2) is 0 Å². The van der Waals surface area contributed by atoms with Crippen LogP contribution in [0, 0.1) is 0 Å². The first kappa shape index (κ1) is 18.8. The van der Waals surface area contributed by atoms with Crippen molar-refractivity contribution in [3.8, 4) is 0 Å². The van der Waals surface area contributed by atoms with E-state index in [0.29, 0.717) is 5.56 Å². The average Bonchev–Trinajstić information content (AvgIpc) is 2.68. The third-order valence-corrected chi connectivity index (χ3v) is 5.65. The molecule has 28 heavy (non-hydrogen) atoms. The van der Waals surface area contributed by atoms with E-state index >= 15 is 0 Å². The molecule has 4 rings (SSSR count). The summed E-state index contributed by atoms with van der Waals surface area (Å²) in [6, 6.07) is 24.1. The van der Waals surface area contributed by atoms with E-state index in [2.05, 4.69) is 66.3 Å². The Bertz CT molecular complexity index is 1000. The molecule has 1 amide bonds. The van der Waals surface area contributed by atoms with E-state index in [0.717, 1.165) is 21.4 Å². The fourth-order valence-electron chi connectivity index (χ4n) is 3.52. The molecule has 0 fully saturated rings. The zero-order valence-corrected chi connectivity index (χ0v) is 17.8. The number of rotatable bonds is 2. The number of benzene rings is 3. The van der Waals surface area contributed by atoms with Gasteiger partial charge in [-0.1, -0.05) is 73.1 Å². The Hall–Kier alpha value is -2.59. The minimum Gasteiger partial charge on any atom is -0.360 e. The standard InChI is InChI=1S/C24H23BrN2O/c1-24(2,3)17-10-8-16(9-11-17)22-26-21-7-5-4-6-20(21)23(28)27(22)19-14-12-18(25)13-15-19/h4-15,22,26H,1-3H3/t22-/m1/s1. The van der Waals surface area contributed by atoms with Gasteiger partial charge in [0, 0.05) is 15.8 Å². The van der Waals surface area contributed by atoms with Crippen LogP contribution in [0.25, 0.3) is 0 Å². The van der Waals surface area contributed by atoms with Gasteiger partial charge in [-0.3, -0.25) is 9.69 Å². The predicted molar refractivity (Wildman–Crippen MR) is 119 cm³/mol. The van der Waals surface area contributed by atoms with Gasteiger partial charge in [0.1, 0.15) is 6.17 Å².